The minimum absolute atomic E-state index is 0.167. The number of aromatic nitrogens is 1. The first-order valence-electron chi connectivity index (χ1n) is 7.12. The second-order valence-electron chi connectivity index (χ2n) is 5.09. The van der Waals surface area contributed by atoms with E-state index in [9.17, 15) is 9.59 Å². The molecular formula is C17H19N3O2. The molecule has 2 N–H and O–H groups in total. The van der Waals surface area contributed by atoms with Crippen LogP contribution in [-0.2, 0) is 4.79 Å². The fraction of sp³-hybridized carbons (Fsp3) is 0.235. The summed E-state index contributed by atoms with van der Waals surface area (Å²) in [4.78, 5) is 27.9. The van der Waals surface area contributed by atoms with Gasteiger partial charge in [0.05, 0.1) is 0 Å². The maximum Gasteiger partial charge on any atom is 0.251 e. The van der Waals surface area contributed by atoms with Gasteiger partial charge in [-0.25, -0.2) is 4.98 Å². The van der Waals surface area contributed by atoms with Crippen molar-refractivity contribution in [3.8, 4) is 0 Å². The van der Waals surface area contributed by atoms with E-state index in [4.69, 9.17) is 0 Å². The molecule has 2 rings (SSSR count). The molecule has 1 aromatic carbocycles. The van der Waals surface area contributed by atoms with Crippen LogP contribution in [0.2, 0.25) is 0 Å². The fourth-order valence-corrected chi connectivity index (χ4v) is 1.96. The molecule has 2 amide bonds. The van der Waals surface area contributed by atoms with Gasteiger partial charge in [0.25, 0.3) is 5.91 Å². The van der Waals surface area contributed by atoms with Gasteiger partial charge >= 0.3 is 0 Å². The van der Waals surface area contributed by atoms with Crippen molar-refractivity contribution in [1.82, 2.24) is 10.3 Å². The number of hydrogen-bond donors (Lipinski definition) is 2. The average Bonchev–Trinajstić information content (AvgIpc) is 2.50. The van der Waals surface area contributed by atoms with Crippen LogP contribution >= 0.6 is 0 Å². The fourth-order valence-electron chi connectivity index (χ4n) is 1.96. The summed E-state index contributed by atoms with van der Waals surface area (Å²) < 4.78 is 0. The van der Waals surface area contributed by atoms with Crippen molar-refractivity contribution in [2.45, 2.75) is 20.3 Å². The van der Waals surface area contributed by atoms with Crippen LogP contribution in [0.25, 0.3) is 0 Å². The highest BCUT2D eigenvalue weighted by molar-refractivity contribution is 5.96. The number of nitrogens with zero attached hydrogens (tertiary/aromatic N) is 1. The lowest BCUT2D eigenvalue weighted by atomic mass is 10.1. The highest BCUT2D eigenvalue weighted by atomic mass is 16.2. The quantitative estimate of drug-likeness (QED) is 0.890. The molecule has 0 saturated heterocycles. The maximum atomic E-state index is 12.0. The molecule has 114 valence electrons. The molecule has 0 unspecified atom stereocenters. The average molecular weight is 297 g/mol. The predicted octanol–water partition coefficient (Wildman–Crippen LogP) is 2.46. The van der Waals surface area contributed by atoms with E-state index in [0.29, 0.717) is 11.4 Å². The Morgan fingerprint density at radius 1 is 1.09 bits per heavy atom. The summed E-state index contributed by atoms with van der Waals surface area (Å²) in [5.41, 5.74) is 2.57. The first kappa shape index (κ1) is 15.7. The highest BCUT2D eigenvalue weighted by Gasteiger charge is 2.09. The molecular weight excluding hydrogens is 278 g/mol. The lowest BCUT2D eigenvalue weighted by molar-refractivity contribution is -0.116. The number of carbonyl (C=O) groups excluding carboxylic acids is 2. The summed E-state index contributed by atoms with van der Waals surface area (Å²) >= 11 is 0. The van der Waals surface area contributed by atoms with Gasteiger partial charge in [-0.05, 0) is 37.1 Å². The van der Waals surface area contributed by atoms with Crippen LogP contribution in [0.15, 0.2) is 42.6 Å². The van der Waals surface area contributed by atoms with Crippen molar-refractivity contribution in [1.29, 1.82) is 0 Å². The van der Waals surface area contributed by atoms with Crippen molar-refractivity contribution in [3.05, 3.63) is 59.3 Å². The number of benzene rings is 1. The Hall–Kier alpha value is -2.69. The Morgan fingerprint density at radius 2 is 1.86 bits per heavy atom. The van der Waals surface area contributed by atoms with Gasteiger partial charge in [-0.1, -0.05) is 24.3 Å². The third kappa shape index (κ3) is 4.41. The predicted molar refractivity (Wildman–Crippen MR) is 85.7 cm³/mol. The Bertz CT molecular complexity index is 666. The topological polar surface area (TPSA) is 71.1 Å². The van der Waals surface area contributed by atoms with Crippen LogP contribution < -0.4 is 10.6 Å². The zero-order valence-electron chi connectivity index (χ0n) is 12.7. The third-order valence-electron chi connectivity index (χ3n) is 3.21. The summed E-state index contributed by atoms with van der Waals surface area (Å²) in [5, 5.41) is 5.44. The second kappa shape index (κ2) is 7.36. The Balaban J connectivity index is 1.78. The normalized spacial score (nSPS) is 10.1. The van der Waals surface area contributed by atoms with Gasteiger partial charge in [0.15, 0.2) is 0 Å². The standard InChI is InChI=1S/C17H19N3O2/c1-12-7-8-15(19-11-12)20-16(21)9-10-18-17(22)14-6-4-3-5-13(14)2/h3-8,11H,9-10H2,1-2H3,(H,18,22)(H,19,20,21). The number of rotatable bonds is 5. The number of nitrogens with one attached hydrogen (secondary N) is 2. The molecule has 0 aliphatic rings. The van der Waals surface area contributed by atoms with Crippen molar-refractivity contribution < 1.29 is 9.59 Å². The minimum Gasteiger partial charge on any atom is -0.352 e. The molecule has 5 nitrogen and oxygen atoms in total. The van der Waals surface area contributed by atoms with E-state index in [0.717, 1.165) is 11.1 Å². The SMILES string of the molecule is Cc1ccc(NC(=O)CCNC(=O)c2ccccc2C)nc1. The number of hydrogen-bond acceptors (Lipinski definition) is 3. The van der Waals surface area contributed by atoms with E-state index in [1.54, 1.807) is 18.3 Å². The lowest BCUT2D eigenvalue weighted by Crippen LogP contribution is -2.28. The van der Waals surface area contributed by atoms with Crippen LogP contribution in [0.1, 0.15) is 27.9 Å². The number of aryl methyl sites for hydroxylation is 2. The minimum atomic E-state index is -0.179. The van der Waals surface area contributed by atoms with E-state index in [-0.39, 0.29) is 24.8 Å². The van der Waals surface area contributed by atoms with Crippen molar-refractivity contribution in [3.63, 3.8) is 0 Å². The van der Waals surface area contributed by atoms with Gasteiger partial charge in [-0.2, -0.15) is 0 Å². The van der Waals surface area contributed by atoms with Crippen LogP contribution in [0.4, 0.5) is 5.82 Å². The summed E-state index contributed by atoms with van der Waals surface area (Å²) in [6.45, 7) is 4.09. The molecule has 0 aliphatic heterocycles. The molecule has 0 saturated carbocycles. The number of pyridine rings is 1. The van der Waals surface area contributed by atoms with Gasteiger partial charge in [0.1, 0.15) is 5.82 Å². The number of amides is 2. The number of anilines is 1. The zero-order valence-corrected chi connectivity index (χ0v) is 12.7. The molecule has 1 heterocycles. The van der Waals surface area contributed by atoms with Crippen molar-refractivity contribution in [2.75, 3.05) is 11.9 Å². The van der Waals surface area contributed by atoms with Gasteiger partial charge in [0, 0.05) is 24.7 Å². The Kier molecular flexibility index (Phi) is 5.25. The smallest absolute Gasteiger partial charge is 0.251 e. The van der Waals surface area contributed by atoms with Gasteiger partial charge in [-0.15, -0.1) is 0 Å². The largest absolute Gasteiger partial charge is 0.352 e. The summed E-state index contributed by atoms with van der Waals surface area (Å²) in [7, 11) is 0. The summed E-state index contributed by atoms with van der Waals surface area (Å²) in [6.07, 6.45) is 1.89. The van der Waals surface area contributed by atoms with Crippen LogP contribution in [0.3, 0.4) is 0 Å². The molecule has 2 aromatic rings. The highest BCUT2D eigenvalue weighted by Crippen LogP contribution is 2.07. The van der Waals surface area contributed by atoms with Gasteiger partial charge in [0.2, 0.25) is 5.91 Å². The second-order valence-corrected chi connectivity index (χ2v) is 5.09. The molecule has 0 atom stereocenters. The van der Waals surface area contributed by atoms with Crippen molar-refractivity contribution >= 4 is 17.6 Å². The van der Waals surface area contributed by atoms with Crippen LogP contribution in [0, 0.1) is 13.8 Å². The van der Waals surface area contributed by atoms with Crippen LogP contribution in [-0.4, -0.2) is 23.3 Å². The van der Waals surface area contributed by atoms with E-state index >= 15 is 0 Å². The van der Waals surface area contributed by atoms with Gasteiger partial charge in [-0.3, -0.25) is 9.59 Å². The van der Waals surface area contributed by atoms with E-state index in [1.165, 1.54) is 0 Å². The molecule has 0 radical (unpaired) electrons. The molecule has 5 heteroatoms. The molecule has 1 aromatic heterocycles. The molecule has 22 heavy (non-hydrogen) atoms. The molecule has 0 aliphatic carbocycles. The van der Waals surface area contributed by atoms with E-state index < -0.39 is 0 Å². The third-order valence-corrected chi connectivity index (χ3v) is 3.21. The van der Waals surface area contributed by atoms with Crippen LogP contribution in [0.5, 0.6) is 0 Å². The number of carbonyl (C=O) groups is 2. The van der Waals surface area contributed by atoms with Gasteiger partial charge < -0.3 is 10.6 Å². The zero-order chi connectivity index (χ0) is 15.9. The van der Waals surface area contributed by atoms with Crippen molar-refractivity contribution in [2.24, 2.45) is 0 Å². The molecule has 0 fully saturated rings. The monoisotopic (exact) mass is 297 g/mol. The maximum absolute atomic E-state index is 12.0. The first-order chi connectivity index (χ1) is 10.6. The first-order valence-corrected chi connectivity index (χ1v) is 7.12. The molecule has 0 spiro atoms. The van der Waals surface area contributed by atoms with E-state index in [2.05, 4.69) is 15.6 Å². The molecule has 0 bridgehead atoms. The lowest BCUT2D eigenvalue weighted by Gasteiger charge is -2.08. The van der Waals surface area contributed by atoms with E-state index in [1.807, 2.05) is 38.1 Å². The Labute approximate surface area is 129 Å². The Morgan fingerprint density at radius 3 is 2.55 bits per heavy atom. The summed E-state index contributed by atoms with van der Waals surface area (Å²) in [5.74, 6) is 0.168. The summed E-state index contributed by atoms with van der Waals surface area (Å²) in [6, 6.07) is 11.0.